The van der Waals surface area contributed by atoms with Crippen molar-refractivity contribution in [1.29, 1.82) is 0 Å². The fourth-order valence-electron chi connectivity index (χ4n) is 4.23. The van der Waals surface area contributed by atoms with Gasteiger partial charge in [0.15, 0.2) is 0 Å². The second-order valence-corrected chi connectivity index (χ2v) is 7.84. The number of nitrogens with zero attached hydrogens (tertiary/aromatic N) is 3. The van der Waals surface area contributed by atoms with Crippen molar-refractivity contribution in [2.24, 2.45) is 0 Å². The highest BCUT2D eigenvalue weighted by molar-refractivity contribution is 5.89. The Hall–Kier alpha value is -2.93. The Bertz CT molecular complexity index is 867. The molecule has 2 saturated heterocycles. The molecule has 0 bridgehead atoms. The van der Waals surface area contributed by atoms with Crippen molar-refractivity contribution in [3.63, 3.8) is 0 Å². The third kappa shape index (κ3) is 4.79. The standard InChI is InChI=1S/C23H27FN4O2/c24-19-10-8-18(9-11-19)21-7-4-12-28(21)17-22(29)26-13-15-27(16-14-26)23(30)25-20-5-2-1-3-6-20/h1-3,5-6,8-11,21H,4,7,12-17H2,(H,25,30). The van der Waals surface area contributed by atoms with Crippen molar-refractivity contribution in [1.82, 2.24) is 14.7 Å². The van der Waals surface area contributed by atoms with E-state index in [4.69, 9.17) is 0 Å². The minimum Gasteiger partial charge on any atom is -0.338 e. The minimum atomic E-state index is -0.242. The quantitative estimate of drug-likeness (QED) is 0.841. The van der Waals surface area contributed by atoms with Crippen LogP contribution in [0.25, 0.3) is 0 Å². The van der Waals surface area contributed by atoms with Gasteiger partial charge >= 0.3 is 6.03 Å². The van der Waals surface area contributed by atoms with E-state index in [1.54, 1.807) is 4.90 Å². The molecule has 158 valence electrons. The molecule has 2 aliphatic heterocycles. The molecule has 0 saturated carbocycles. The smallest absolute Gasteiger partial charge is 0.321 e. The Morgan fingerprint density at radius 2 is 1.57 bits per heavy atom. The summed E-state index contributed by atoms with van der Waals surface area (Å²) in [7, 11) is 0. The van der Waals surface area contributed by atoms with E-state index >= 15 is 0 Å². The summed E-state index contributed by atoms with van der Waals surface area (Å²) in [6, 6.07) is 16.0. The van der Waals surface area contributed by atoms with Crippen molar-refractivity contribution >= 4 is 17.6 Å². The summed E-state index contributed by atoms with van der Waals surface area (Å²) < 4.78 is 13.2. The molecule has 7 heteroatoms. The molecule has 0 spiro atoms. The number of hydrogen-bond donors (Lipinski definition) is 1. The number of para-hydroxylation sites is 1. The number of anilines is 1. The van der Waals surface area contributed by atoms with Crippen LogP contribution in [0.3, 0.4) is 0 Å². The van der Waals surface area contributed by atoms with Crippen molar-refractivity contribution in [2.75, 3.05) is 44.6 Å². The third-order valence-corrected chi connectivity index (χ3v) is 5.90. The van der Waals surface area contributed by atoms with Crippen LogP contribution in [0.5, 0.6) is 0 Å². The van der Waals surface area contributed by atoms with Crippen LogP contribution in [-0.4, -0.2) is 65.9 Å². The largest absolute Gasteiger partial charge is 0.338 e. The molecule has 2 aliphatic rings. The normalized spacial score (nSPS) is 19.7. The minimum absolute atomic E-state index is 0.0899. The lowest BCUT2D eigenvalue weighted by atomic mass is 10.0. The van der Waals surface area contributed by atoms with E-state index in [9.17, 15) is 14.0 Å². The second-order valence-electron chi connectivity index (χ2n) is 7.84. The summed E-state index contributed by atoms with van der Waals surface area (Å²) in [4.78, 5) is 31.0. The van der Waals surface area contributed by atoms with Gasteiger partial charge in [-0.2, -0.15) is 0 Å². The summed E-state index contributed by atoms with van der Waals surface area (Å²) in [6.07, 6.45) is 2.01. The molecule has 1 atom stereocenters. The average molecular weight is 410 g/mol. The lowest BCUT2D eigenvalue weighted by Gasteiger charge is -2.36. The van der Waals surface area contributed by atoms with Gasteiger partial charge in [0.2, 0.25) is 5.91 Å². The molecule has 4 rings (SSSR count). The first-order valence-corrected chi connectivity index (χ1v) is 10.5. The SMILES string of the molecule is O=C(CN1CCCC1c1ccc(F)cc1)N1CCN(C(=O)Nc2ccccc2)CC1. The molecule has 2 fully saturated rings. The highest BCUT2D eigenvalue weighted by atomic mass is 19.1. The predicted molar refractivity (Wildman–Crippen MR) is 114 cm³/mol. The van der Waals surface area contributed by atoms with Crippen molar-refractivity contribution in [3.05, 3.63) is 66.0 Å². The van der Waals surface area contributed by atoms with Crippen LogP contribution in [0, 0.1) is 5.82 Å². The molecule has 30 heavy (non-hydrogen) atoms. The van der Waals surface area contributed by atoms with E-state index in [1.165, 1.54) is 12.1 Å². The summed E-state index contributed by atoms with van der Waals surface area (Å²) in [6.45, 7) is 3.34. The number of rotatable bonds is 4. The molecule has 0 aromatic heterocycles. The number of amides is 3. The van der Waals surface area contributed by atoms with Crippen LogP contribution >= 0.6 is 0 Å². The molecule has 0 radical (unpaired) electrons. The number of carbonyl (C=O) groups excluding carboxylic acids is 2. The van der Waals surface area contributed by atoms with Crippen molar-refractivity contribution < 1.29 is 14.0 Å². The van der Waals surface area contributed by atoms with Gasteiger partial charge in [-0.3, -0.25) is 9.69 Å². The van der Waals surface area contributed by atoms with Crippen molar-refractivity contribution in [3.8, 4) is 0 Å². The number of nitrogens with one attached hydrogen (secondary N) is 1. The molecule has 6 nitrogen and oxygen atoms in total. The van der Waals surface area contributed by atoms with Crippen LogP contribution in [0.2, 0.25) is 0 Å². The van der Waals surface area contributed by atoms with E-state index in [1.807, 2.05) is 47.4 Å². The van der Waals surface area contributed by atoms with Gasteiger partial charge in [0.05, 0.1) is 6.54 Å². The van der Waals surface area contributed by atoms with Gasteiger partial charge in [-0.25, -0.2) is 9.18 Å². The van der Waals surface area contributed by atoms with Gasteiger partial charge in [0.25, 0.3) is 0 Å². The molecule has 2 aromatic carbocycles. The first-order valence-electron chi connectivity index (χ1n) is 10.5. The first kappa shape index (κ1) is 20.3. The van der Waals surface area contributed by atoms with Gasteiger partial charge in [0, 0.05) is 37.9 Å². The maximum atomic E-state index is 13.2. The summed E-state index contributed by atoms with van der Waals surface area (Å²) >= 11 is 0. The Morgan fingerprint density at radius 3 is 2.27 bits per heavy atom. The Balaban J connectivity index is 1.28. The predicted octanol–water partition coefficient (Wildman–Crippen LogP) is 3.34. The molecule has 1 unspecified atom stereocenters. The summed E-state index contributed by atoms with van der Waals surface area (Å²) in [5.74, 6) is -0.152. The van der Waals surface area contributed by atoms with Crippen LogP contribution in [0.15, 0.2) is 54.6 Å². The fourth-order valence-corrected chi connectivity index (χ4v) is 4.23. The molecular formula is C23H27FN4O2. The molecule has 2 heterocycles. The van der Waals surface area contributed by atoms with E-state index in [0.29, 0.717) is 32.7 Å². The van der Waals surface area contributed by atoms with Gasteiger partial charge in [-0.1, -0.05) is 30.3 Å². The molecule has 2 aromatic rings. The number of benzene rings is 2. The highest BCUT2D eigenvalue weighted by Gasteiger charge is 2.30. The van der Waals surface area contributed by atoms with Crippen LogP contribution < -0.4 is 5.32 Å². The number of hydrogen-bond acceptors (Lipinski definition) is 3. The average Bonchev–Trinajstić information content (AvgIpc) is 3.23. The topological polar surface area (TPSA) is 55.9 Å². The van der Waals surface area contributed by atoms with Crippen LogP contribution in [-0.2, 0) is 4.79 Å². The fraction of sp³-hybridized carbons (Fsp3) is 0.391. The van der Waals surface area contributed by atoms with E-state index in [2.05, 4.69) is 10.2 Å². The lowest BCUT2D eigenvalue weighted by Crippen LogP contribution is -2.53. The monoisotopic (exact) mass is 410 g/mol. The third-order valence-electron chi connectivity index (χ3n) is 5.90. The summed E-state index contributed by atoms with van der Waals surface area (Å²) in [5, 5.41) is 2.89. The zero-order valence-electron chi connectivity index (χ0n) is 17.0. The molecular weight excluding hydrogens is 383 g/mol. The lowest BCUT2D eigenvalue weighted by molar-refractivity contribution is -0.134. The number of carbonyl (C=O) groups is 2. The van der Waals surface area contributed by atoms with E-state index in [0.717, 1.165) is 30.6 Å². The maximum absolute atomic E-state index is 13.2. The zero-order chi connectivity index (χ0) is 20.9. The number of halogens is 1. The van der Waals surface area contributed by atoms with Crippen LogP contribution in [0.1, 0.15) is 24.4 Å². The number of likely N-dealkylation sites (tertiary alicyclic amines) is 1. The molecule has 3 amide bonds. The Morgan fingerprint density at radius 1 is 0.900 bits per heavy atom. The Labute approximate surface area is 176 Å². The van der Waals surface area contributed by atoms with Gasteiger partial charge in [-0.15, -0.1) is 0 Å². The van der Waals surface area contributed by atoms with Crippen molar-refractivity contribution in [2.45, 2.75) is 18.9 Å². The van der Waals surface area contributed by atoms with Gasteiger partial charge < -0.3 is 15.1 Å². The molecule has 1 N–H and O–H groups in total. The second kappa shape index (κ2) is 9.26. The first-order chi connectivity index (χ1) is 14.6. The maximum Gasteiger partial charge on any atom is 0.321 e. The Kier molecular flexibility index (Phi) is 6.28. The molecule has 0 aliphatic carbocycles. The van der Waals surface area contributed by atoms with E-state index < -0.39 is 0 Å². The number of urea groups is 1. The van der Waals surface area contributed by atoms with Crippen LogP contribution in [0.4, 0.5) is 14.9 Å². The highest BCUT2D eigenvalue weighted by Crippen LogP contribution is 2.31. The van der Waals surface area contributed by atoms with Gasteiger partial charge in [0.1, 0.15) is 5.82 Å². The number of piperazine rings is 1. The zero-order valence-corrected chi connectivity index (χ0v) is 17.0. The summed E-state index contributed by atoms with van der Waals surface area (Å²) in [5.41, 5.74) is 1.82. The van der Waals surface area contributed by atoms with Gasteiger partial charge in [-0.05, 0) is 49.2 Å². The van der Waals surface area contributed by atoms with E-state index in [-0.39, 0.29) is 23.8 Å².